The molecule has 0 aliphatic rings. The van der Waals surface area contributed by atoms with Gasteiger partial charge in [-0.05, 0) is 25.3 Å². The van der Waals surface area contributed by atoms with Crippen molar-refractivity contribution in [2.24, 2.45) is 5.73 Å². The summed E-state index contributed by atoms with van der Waals surface area (Å²) in [7, 11) is 0. The minimum absolute atomic E-state index is 0.274. The van der Waals surface area contributed by atoms with Crippen molar-refractivity contribution < 1.29 is 4.39 Å². The molecule has 2 N–H and O–H groups in total. The first-order chi connectivity index (χ1) is 8.61. The van der Waals surface area contributed by atoms with Gasteiger partial charge >= 0.3 is 0 Å². The Morgan fingerprint density at radius 3 is 2.67 bits per heavy atom. The Kier molecular flexibility index (Phi) is 4.60. The quantitative estimate of drug-likeness (QED) is 0.875. The van der Waals surface area contributed by atoms with E-state index in [0.717, 1.165) is 13.6 Å². The Balaban J connectivity index is 2.31. The highest BCUT2D eigenvalue weighted by molar-refractivity contribution is 8.03. The zero-order chi connectivity index (χ0) is 13.1. The van der Waals surface area contributed by atoms with Crippen LogP contribution in [0.25, 0.3) is 0 Å². The van der Waals surface area contributed by atoms with Crippen molar-refractivity contribution in [1.29, 1.82) is 0 Å². The highest BCUT2D eigenvalue weighted by atomic mass is 32.2. The number of hydrogen-bond acceptors (Lipinski definition) is 6. The van der Waals surface area contributed by atoms with E-state index in [1.165, 1.54) is 29.2 Å². The molecule has 0 amide bonds. The highest BCUT2D eigenvalue weighted by Crippen LogP contribution is 2.36. The fraction of sp³-hybridized carbons (Fsp3) is 0.273. The van der Waals surface area contributed by atoms with Crippen LogP contribution in [-0.4, -0.2) is 16.5 Å². The average Bonchev–Trinajstić information content (AvgIpc) is 2.76. The van der Waals surface area contributed by atoms with Crippen LogP contribution in [0.15, 0.2) is 31.8 Å². The summed E-state index contributed by atoms with van der Waals surface area (Å²) < 4.78 is 15.4. The zero-order valence-electron chi connectivity index (χ0n) is 9.88. The number of nitrogens with zero attached hydrogens (tertiary/aromatic N) is 2. The van der Waals surface area contributed by atoms with E-state index in [9.17, 15) is 4.39 Å². The Labute approximate surface area is 117 Å². The maximum absolute atomic E-state index is 13.7. The van der Waals surface area contributed by atoms with Crippen LogP contribution in [0.2, 0.25) is 0 Å². The molecule has 1 atom stereocenters. The Bertz CT molecular complexity index is 542. The summed E-state index contributed by atoms with van der Waals surface area (Å²) in [5.74, 6) is -0.274. The summed E-state index contributed by atoms with van der Waals surface area (Å²) >= 11 is 4.45. The Morgan fingerprint density at radius 2 is 2.06 bits per heavy atom. The van der Waals surface area contributed by atoms with Gasteiger partial charge in [-0.25, -0.2) is 4.39 Å². The molecule has 3 nitrogen and oxygen atoms in total. The van der Waals surface area contributed by atoms with Crippen LogP contribution in [0.1, 0.15) is 18.5 Å². The van der Waals surface area contributed by atoms with Crippen molar-refractivity contribution in [2.75, 3.05) is 6.26 Å². The van der Waals surface area contributed by atoms with Crippen LogP contribution in [0, 0.1) is 5.82 Å². The molecule has 2 rings (SSSR count). The van der Waals surface area contributed by atoms with Crippen LogP contribution >= 0.6 is 34.9 Å². The van der Waals surface area contributed by atoms with Gasteiger partial charge in [0.1, 0.15) is 5.82 Å². The Morgan fingerprint density at radius 1 is 1.33 bits per heavy atom. The molecule has 0 spiro atoms. The standard InChI is InChI=1S/C11H12FN3S3/c1-6(13)9-7(12)4-3-5-8(9)17-11-15-14-10(16-2)18-11/h3-6H,13H2,1-2H3/t6-/m1/s1. The largest absolute Gasteiger partial charge is 0.324 e. The van der Waals surface area contributed by atoms with E-state index in [2.05, 4.69) is 10.2 Å². The minimum atomic E-state index is -0.346. The molecule has 0 unspecified atom stereocenters. The van der Waals surface area contributed by atoms with Gasteiger partial charge in [0.05, 0.1) is 0 Å². The molecule has 7 heteroatoms. The molecule has 0 saturated heterocycles. The second-order valence-electron chi connectivity index (χ2n) is 3.58. The number of halogens is 1. The van der Waals surface area contributed by atoms with Crippen LogP contribution in [-0.2, 0) is 0 Å². The molecule has 96 valence electrons. The van der Waals surface area contributed by atoms with Gasteiger partial charge in [0, 0.05) is 16.5 Å². The predicted octanol–water partition coefficient (Wildman–Crippen LogP) is 3.57. The van der Waals surface area contributed by atoms with Crippen LogP contribution in [0.3, 0.4) is 0 Å². The van der Waals surface area contributed by atoms with Crippen molar-refractivity contribution in [2.45, 2.75) is 26.5 Å². The van der Waals surface area contributed by atoms with Crippen molar-refractivity contribution in [3.8, 4) is 0 Å². The molecule has 0 radical (unpaired) electrons. The van der Waals surface area contributed by atoms with E-state index in [1.54, 1.807) is 24.8 Å². The minimum Gasteiger partial charge on any atom is -0.324 e. The first kappa shape index (κ1) is 13.8. The van der Waals surface area contributed by atoms with Crippen LogP contribution in [0.5, 0.6) is 0 Å². The van der Waals surface area contributed by atoms with E-state index in [0.29, 0.717) is 5.56 Å². The lowest BCUT2D eigenvalue weighted by Crippen LogP contribution is -2.08. The molecule has 0 aliphatic carbocycles. The first-order valence-corrected chi connectivity index (χ1v) is 8.07. The topological polar surface area (TPSA) is 51.8 Å². The maximum atomic E-state index is 13.7. The summed E-state index contributed by atoms with van der Waals surface area (Å²) in [5.41, 5.74) is 6.34. The zero-order valence-corrected chi connectivity index (χ0v) is 12.3. The molecule has 1 heterocycles. The van der Waals surface area contributed by atoms with Gasteiger partial charge in [-0.1, -0.05) is 40.9 Å². The van der Waals surface area contributed by atoms with Gasteiger partial charge in [-0.15, -0.1) is 10.2 Å². The fourth-order valence-electron chi connectivity index (χ4n) is 1.46. The molecule has 1 aromatic heterocycles. The molecular weight excluding hydrogens is 289 g/mol. The molecule has 0 fully saturated rings. The predicted molar refractivity (Wildman–Crippen MR) is 74.8 cm³/mol. The van der Waals surface area contributed by atoms with Crippen molar-refractivity contribution >= 4 is 34.9 Å². The fourth-order valence-corrected chi connectivity index (χ4v) is 4.11. The van der Waals surface area contributed by atoms with Gasteiger partial charge in [0.15, 0.2) is 8.68 Å². The van der Waals surface area contributed by atoms with E-state index >= 15 is 0 Å². The molecule has 0 aliphatic heterocycles. The number of benzene rings is 1. The van der Waals surface area contributed by atoms with E-state index in [1.807, 2.05) is 12.3 Å². The van der Waals surface area contributed by atoms with Gasteiger partial charge < -0.3 is 5.73 Å². The molecule has 18 heavy (non-hydrogen) atoms. The summed E-state index contributed by atoms with van der Waals surface area (Å²) in [6.45, 7) is 1.77. The summed E-state index contributed by atoms with van der Waals surface area (Å²) in [6, 6.07) is 4.62. The number of thioether (sulfide) groups is 1. The molecular formula is C11H12FN3S3. The van der Waals surface area contributed by atoms with Crippen LogP contribution < -0.4 is 5.73 Å². The lowest BCUT2D eigenvalue weighted by Gasteiger charge is -2.11. The second-order valence-corrected chi connectivity index (χ2v) is 6.90. The van der Waals surface area contributed by atoms with Gasteiger partial charge in [-0.2, -0.15) is 0 Å². The smallest absolute Gasteiger partial charge is 0.179 e. The lowest BCUT2D eigenvalue weighted by atomic mass is 10.1. The number of rotatable bonds is 4. The molecule has 2 aromatic rings. The second kappa shape index (κ2) is 6.01. The summed E-state index contributed by atoms with van der Waals surface area (Å²) in [6.07, 6.45) is 1.95. The van der Waals surface area contributed by atoms with E-state index in [4.69, 9.17) is 5.73 Å². The average molecular weight is 301 g/mol. The van der Waals surface area contributed by atoms with Gasteiger partial charge in [-0.3, -0.25) is 0 Å². The van der Waals surface area contributed by atoms with Crippen LogP contribution in [0.4, 0.5) is 4.39 Å². The van der Waals surface area contributed by atoms with E-state index in [-0.39, 0.29) is 11.9 Å². The molecule has 1 aromatic carbocycles. The third-order valence-corrected chi connectivity index (χ3v) is 5.25. The number of aromatic nitrogens is 2. The van der Waals surface area contributed by atoms with E-state index < -0.39 is 0 Å². The summed E-state index contributed by atoms with van der Waals surface area (Å²) in [5, 5.41) is 8.07. The maximum Gasteiger partial charge on any atom is 0.179 e. The van der Waals surface area contributed by atoms with Crippen molar-refractivity contribution in [1.82, 2.24) is 10.2 Å². The third kappa shape index (κ3) is 3.03. The van der Waals surface area contributed by atoms with Gasteiger partial charge in [0.25, 0.3) is 0 Å². The first-order valence-electron chi connectivity index (χ1n) is 5.21. The van der Waals surface area contributed by atoms with Crippen molar-refractivity contribution in [3.63, 3.8) is 0 Å². The number of hydrogen-bond donors (Lipinski definition) is 1. The normalized spacial score (nSPS) is 12.7. The molecule has 0 bridgehead atoms. The highest BCUT2D eigenvalue weighted by Gasteiger charge is 2.15. The number of nitrogens with two attached hydrogens (primary N) is 1. The summed E-state index contributed by atoms with van der Waals surface area (Å²) in [4.78, 5) is 0.800. The SMILES string of the molecule is CSc1nnc(Sc2cccc(F)c2[C@@H](C)N)s1. The molecule has 0 saturated carbocycles. The van der Waals surface area contributed by atoms with Gasteiger partial charge in [0.2, 0.25) is 0 Å². The Hall–Kier alpha value is -0.630. The monoisotopic (exact) mass is 301 g/mol. The van der Waals surface area contributed by atoms with Crippen molar-refractivity contribution in [3.05, 3.63) is 29.6 Å². The lowest BCUT2D eigenvalue weighted by molar-refractivity contribution is 0.585. The third-order valence-electron chi connectivity index (χ3n) is 2.23.